The third-order valence-corrected chi connectivity index (χ3v) is 6.26. The van der Waals surface area contributed by atoms with Crippen molar-refractivity contribution in [2.24, 2.45) is 0 Å². The lowest BCUT2D eigenvalue weighted by Gasteiger charge is -2.27. The maximum absolute atomic E-state index is 11.0. The van der Waals surface area contributed by atoms with Gasteiger partial charge >= 0.3 is 0 Å². The van der Waals surface area contributed by atoms with Crippen LogP contribution < -0.4 is 9.47 Å². The van der Waals surface area contributed by atoms with E-state index < -0.39 is 6.10 Å². The minimum Gasteiger partial charge on any atom is -0.493 e. The summed E-state index contributed by atoms with van der Waals surface area (Å²) in [5, 5.41) is 10.5. The quantitative estimate of drug-likeness (QED) is 0.603. The first-order chi connectivity index (χ1) is 15.2. The number of methoxy groups -OCH3 is 1. The van der Waals surface area contributed by atoms with Crippen LogP contribution in [-0.4, -0.2) is 91.9 Å². The molecule has 174 valence electrons. The van der Waals surface area contributed by atoms with Gasteiger partial charge in [-0.2, -0.15) is 0 Å². The minimum absolute atomic E-state index is 0.264. The van der Waals surface area contributed by atoms with E-state index in [1.807, 2.05) is 17.0 Å². The van der Waals surface area contributed by atoms with Crippen molar-refractivity contribution in [3.8, 4) is 11.5 Å². The summed E-state index contributed by atoms with van der Waals surface area (Å²) < 4.78 is 11.5. The summed E-state index contributed by atoms with van der Waals surface area (Å²) in [5.74, 6) is 1.36. The molecule has 0 bridgehead atoms. The van der Waals surface area contributed by atoms with Gasteiger partial charge in [-0.3, -0.25) is 9.69 Å². The molecule has 7 heteroatoms. The van der Waals surface area contributed by atoms with Crippen LogP contribution in [0.5, 0.6) is 11.5 Å². The molecule has 2 heterocycles. The molecule has 2 saturated heterocycles. The van der Waals surface area contributed by atoms with Crippen molar-refractivity contribution in [3.63, 3.8) is 0 Å². The molecule has 0 saturated carbocycles. The Morgan fingerprint density at radius 1 is 0.935 bits per heavy atom. The molecule has 3 rings (SSSR count). The van der Waals surface area contributed by atoms with Gasteiger partial charge in [-0.05, 0) is 50.0 Å². The first kappa shape index (κ1) is 23.8. The predicted octanol–water partition coefficient (Wildman–Crippen LogP) is 2.37. The smallest absolute Gasteiger partial charge is 0.209 e. The molecule has 1 amide bonds. The molecule has 0 aliphatic carbocycles. The third-order valence-electron chi connectivity index (χ3n) is 6.26. The van der Waals surface area contributed by atoms with E-state index in [0.717, 1.165) is 64.2 Å². The number of hydrogen-bond donors (Lipinski definition) is 1. The van der Waals surface area contributed by atoms with Crippen molar-refractivity contribution < 1.29 is 19.4 Å². The molecule has 0 aromatic heterocycles. The second-order valence-corrected chi connectivity index (χ2v) is 8.79. The second-order valence-electron chi connectivity index (χ2n) is 8.79. The van der Waals surface area contributed by atoms with Crippen LogP contribution in [-0.2, 0) is 11.3 Å². The molecular weight excluding hydrogens is 394 g/mol. The number of rotatable bonds is 9. The lowest BCUT2D eigenvalue weighted by molar-refractivity contribution is -0.118. The number of aliphatic hydroxyl groups excluding tert-OH is 1. The molecule has 1 atom stereocenters. The highest BCUT2D eigenvalue weighted by Gasteiger charge is 2.17. The van der Waals surface area contributed by atoms with Gasteiger partial charge in [-0.25, -0.2) is 0 Å². The maximum atomic E-state index is 11.0. The summed E-state index contributed by atoms with van der Waals surface area (Å²) in [5.41, 5.74) is 1.16. The van der Waals surface area contributed by atoms with Gasteiger partial charge in [-0.1, -0.05) is 25.3 Å². The topological polar surface area (TPSA) is 65.5 Å². The molecule has 2 aliphatic rings. The van der Waals surface area contributed by atoms with Crippen LogP contribution in [0.15, 0.2) is 18.2 Å². The van der Waals surface area contributed by atoms with Crippen LogP contribution in [0.3, 0.4) is 0 Å². The number of hydrogen-bond acceptors (Lipinski definition) is 6. The van der Waals surface area contributed by atoms with E-state index in [1.165, 1.54) is 32.1 Å². The van der Waals surface area contributed by atoms with Crippen molar-refractivity contribution in [3.05, 3.63) is 23.8 Å². The molecule has 1 aromatic carbocycles. The summed E-state index contributed by atoms with van der Waals surface area (Å²) in [6.45, 7) is 7.34. The van der Waals surface area contributed by atoms with Crippen molar-refractivity contribution >= 4 is 6.41 Å². The number of nitrogens with zero attached hydrogens (tertiary/aromatic N) is 3. The SMILES string of the molecule is COc1cc(CN2CCCN(C=O)CC2)ccc1OCC(O)CN1CCCCCCC1. The highest BCUT2D eigenvalue weighted by atomic mass is 16.5. The summed E-state index contributed by atoms with van der Waals surface area (Å²) in [6, 6.07) is 6.01. The Labute approximate surface area is 186 Å². The van der Waals surface area contributed by atoms with E-state index in [4.69, 9.17) is 9.47 Å². The van der Waals surface area contributed by atoms with Gasteiger partial charge in [-0.15, -0.1) is 0 Å². The molecule has 2 fully saturated rings. The average molecular weight is 434 g/mol. The summed E-state index contributed by atoms with van der Waals surface area (Å²) in [6.07, 6.45) is 7.78. The Hall–Kier alpha value is -1.83. The molecule has 1 N–H and O–H groups in total. The van der Waals surface area contributed by atoms with Crippen LogP contribution in [0, 0.1) is 0 Å². The lowest BCUT2D eigenvalue weighted by Crippen LogP contribution is -2.37. The van der Waals surface area contributed by atoms with E-state index in [9.17, 15) is 9.90 Å². The van der Waals surface area contributed by atoms with Crippen molar-refractivity contribution in [1.82, 2.24) is 14.7 Å². The number of ether oxygens (including phenoxy) is 2. The summed E-state index contributed by atoms with van der Waals surface area (Å²) >= 11 is 0. The van der Waals surface area contributed by atoms with Gasteiger partial charge in [0.25, 0.3) is 0 Å². The van der Waals surface area contributed by atoms with Gasteiger partial charge in [0.15, 0.2) is 11.5 Å². The van der Waals surface area contributed by atoms with E-state index in [1.54, 1.807) is 7.11 Å². The fourth-order valence-corrected chi connectivity index (χ4v) is 4.47. The van der Waals surface area contributed by atoms with Crippen molar-refractivity contribution in [2.75, 3.05) is 59.5 Å². The highest BCUT2D eigenvalue weighted by Crippen LogP contribution is 2.29. The molecule has 1 unspecified atom stereocenters. The van der Waals surface area contributed by atoms with E-state index in [-0.39, 0.29) is 6.61 Å². The first-order valence-corrected chi connectivity index (χ1v) is 11.8. The highest BCUT2D eigenvalue weighted by molar-refractivity contribution is 5.47. The van der Waals surface area contributed by atoms with Crippen LogP contribution in [0.25, 0.3) is 0 Å². The number of benzene rings is 1. The number of aliphatic hydroxyl groups is 1. The molecule has 2 aliphatic heterocycles. The van der Waals surface area contributed by atoms with Crippen LogP contribution >= 0.6 is 0 Å². The van der Waals surface area contributed by atoms with E-state index >= 15 is 0 Å². The Balaban J connectivity index is 1.49. The molecule has 31 heavy (non-hydrogen) atoms. The largest absolute Gasteiger partial charge is 0.493 e. The minimum atomic E-state index is -0.512. The zero-order valence-corrected chi connectivity index (χ0v) is 19.0. The van der Waals surface area contributed by atoms with Crippen LogP contribution in [0.2, 0.25) is 0 Å². The maximum Gasteiger partial charge on any atom is 0.209 e. The summed E-state index contributed by atoms with van der Waals surface area (Å²) in [7, 11) is 1.65. The van der Waals surface area contributed by atoms with Crippen molar-refractivity contribution in [1.29, 1.82) is 0 Å². The average Bonchev–Trinajstić information content (AvgIpc) is 2.99. The molecule has 1 aromatic rings. The Kier molecular flexibility index (Phi) is 9.90. The monoisotopic (exact) mass is 433 g/mol. The van der Waals surface area contributed by atoms with E-state index in [2.05, 4.69) is 15.9 Å². The molecule has 7 nitrogen and oxygen atoms in total. The molecule has 0 spiro atoms. The standard InChI is InChI=1S/C24H39N3O4/c1-30-24-16-21(17-26-12-7-13-27(20-28)15-14-26)8-9-23(24)31-19-22(29)18-25-10-5-3-2-4-6-11-25/h8-9,16,20,22,29H,2-7,10-15,17-19H2,1H3. The predicted molar refractivity (Wildman–Crippen MR) is 122 cm³/mol. The zero-order chi connectivity index (χ0) is 21.9. The molecular formula is C24H39N3O4. The van der Waals surface area contributed by atoms with Gasteiger partial charge in [0.1, 0.15) is 12.7 Å². The molecule has 0 radical (unpaired) electrons. The van der Waals surface area contributed by atoms with Gasteiger partial charge < -0.3 is 24.4 Å². The summed E-state index contributed by atoms with van der Waals surface area (Å²) in [4.78, 5) is 17.6. The van der Waals surface area contributed by atoms with Gasteiger partial charge in [0.2, 0.25) is 6.41 Å². The lowest BCUT2D eigenvalue weighted by atomic mass is 10.1. The Morgan fingerprint density at radius 2 is 1.68 bits per heavy atom. The van der Waals surface area contributed by atoms with Crippen molar-refractivity contribution in [2.45, 2.75) is 51.2 Å². The zero-order valence-electron chi connectivity index (χ0n) is 19.0. The van der Waals surface area contributed by atoms with Crippen LogP contribution in [0.1, 0.15) is 44.1 Å². The van der Waals surface area contributed by atoms with Gasteiger partial charge in [0, 0.05) is 39.3 Å². The Morgan fingerprint density at radius 3 is 2.42 bits per heavy atom. The fraction of sp³-hybridized carbons (Fsp3) is 0.708. The van der Waals surface area contributed by atoms with Crippen LogP contribution in [0.4, 0.5) is 0 Å². The Bertz CT molecular complexity index is 664. The first-order valence-electron chi connectivity index (χ1n) is 11.8. The number of carbonyl (C=O) groups is 1. The number of amides is 1. The second kappa shape index (κ2) is 12.9. The number of likely N-dealkylation sites (tertiary alicyclic amines) is 1. The fourth-order valence-electron chi connectivity index (χ4n) is 4.47. The normalized spacial score (nSPS) is 20.4. The number of β-amino-alcohol motifs (C(OH)–C–C–N with tert-alkyl or cyclic N) is 1. The third kappa shape index (κ3) is 7.98. The van der Waals surface area contributed by atoms with Gasteiger partial charge in [0.05, 0.1) is 7.11 Å². The number of carbonyl (C=O) groups excluding carboxylic acids is 1. The van der Waals surface area contributed by atoms with E-state index in [0.29, 0.717) is 18.0 Å².